The molecule has 3 fully saturated rings. The van der Waals surface area contributed by atoms with E-state index >= 15 is 0 Å². The number of carbonyl (C=O) groups excluding carboxylic acids is 2. The molecule has 0 saturated heterocycles. The van der Waals surface area contributed by atoms with Crippen molar-refractivity contribution in [3.05, 3.63) is 11.6 Å². The van der Waals surface area contributed by atoms with Crippen molar-refractivity contribution in [1.29, 1.82) is 0 Å². The third kappa shape index (κ3) is 2.43. The van der Waals surface area contributed by atoms with E-state index in [4.69, 9.17) is 0 Å². The standard InChI is InChI=1S/C21H31NO3/c1-12(23)22-19-18(25)11-17-15-5-4-13-10-14(24)6-8-20(13,2)16(15)7-9-21(17,19)3/h10,15-19,25H,4-9,11H2,1-3H3,(H,22,23)/t15-,16+,17+,18+,19+,20+,21+/m1/s1. The van der Waals surface area contributed by atoms with Crippen molar-refractivity contribution in [2.75, 3.05) is 0 Å². The topological polar surface area (TPSA) is 66.4 Å². The lowest BCUT2D eigenvalue weighted by atomic mass is 9.47. The van der Waals surface area contributed by atoms with Crippen molar-refractivity contribution in [2.45, 2.75) is 77.9 Å². The fourth-order valence-electron chi connectivity index (χ4n) is 7.05. The Hall–Kier alpha value is -1.16. The predicted molar refractivity (Wildman–Crippen MR) is 95.7 cm³/mol. The van der Waals surface area contributed by atoms with Crippen LogP contribution in [0.25, 0.3) is 0 Å². The van der Waals surface area contributed by atoms with Crippen molar-refractivity contribution >= 4 is 11.7 Å². The molecule has 0 radical (unpaired) electrons. The minimum atomic E-state index is -0.435. The van der Waals surface area contributed by atoms with Crippen LogP contribution >= 0.6 is 0 Å². The zero-order chi connectivity index (χ0) is 18.0. The van der Waals surface area contributed by atoms with Gasteiger partial charge in [0.15, 0.2) is 5.78 Å². The molecule has 0 bridgehead atoms. The Morgan fingerprint density at radius 2 is 1.96 bits per heavy atom. The second-order valence-electron chi connectivity index (χ2n) is 9.49. The van der Waals surface area contributed by atoms with E-state index in [2.05, 4.69) is 19.2 Å². The first kappa shape index (κ1) is 17.3. The summed E-state index contributed by atoms with van der Waals surface area (Å²) in [5, 5.41) is 13.7. The average molecular weight is 345 g/mol. The Labute approximate surface area is 150 Å². The summed E-state index contributed by atoms with van der Waals surface area (Å²) in [5.41, 5.74) is 1.54. The summed E-state index contributed by atoms with van der Waals surface area (Å²) in [5.74, 6) is 1.94. The van der Waals surface area contributed by atoms with Gasteiger partial charge in [-0.25, -0.2) is 0 Å². The van der Waals surface area contributed by atoms with E-state index in [1.54, 1.807) is 6.92 Å². The van der Waals surface area contributed by atoms with Gasteiger partial charge in [-0.3, -0.25) is 9.59 Å². The van der Waals surface area contributed by atoms with E-state index in [0.717, 1.165) is 38.5 Å². The lowest BCUT2D eigenvalue weighted by molar-refractivity contribution is -0.122. The van der Waals surface area contributed by atoms with Gasteiger partial charge in [0.25, 0.3) is 0 Å². The summed E-state index contributed by atoms with van der Waals surface area (Å²) in [6, 6.07) is -0.117. The number of hydrogen-bond acceptors (Lipinski definition) is 3. The smallest absolute Gasteiger partial charge is 0.217 e. The van der Waals surface area contributed by atoms with Crippen LogP contribution in [0.3, 0.4) is 0 Å². The molecule has 1 amide bonds. The maximum Gasteiger partial charge on any atom is 0.217 e. The minimum Gasteiger partial charge on any atom is -0.391 e. The number of amides is 1. The number of nitrogens with one attached hydrogen (secondary N) is 1. The molecule has 4 aliphatic carbocycles. The number of ketones is 1. The van der Waals surface area contributed by atoms with Crippen molar-refractivity contribution in [1.82, 2.24) is 5.32 Å². The van der Waals surface area contributed by atoms with Gasteiger partial charge in [-0.2, -0.15) is 0 Å². The summed E-state index contributed by atoms with van der Waals surface area (Å²) in [4.78, 5) is 23.5. The number of aliphatic hydroxyl groups excluding tert-OH is 1. The largest absolute Gasteiger partial charge is 0.391 e. The van der Waals surface area contributed by atoms with Crippen LogP contribution in [-0.4, -0.2) is 28.9 Å². The van der Waals surface area contributed by atoms with Crippen LogP contribution in [0.4, 0.5) is 0 Å². The van der Waals surface area contributed by atoms with Gasteiger partial charge in [0, 0.05) is 13.3 Å². The Kier molecular flexibility index (Phi) is 3.91. The van der Waals surface area contributed by atoms with Crippen LogP contribution in [0, 0.1) is 28.6 Å². The molecule has 4 heteroatoms. The molecule has 4 aliphatic rings. The van der Waals surface area contributed by atoms with Crippen molar-refractivity contribution in [3.63, 3.8) is 0 Å². The fraction of sp³-hybridized carbons (Fsp3) is 0.810. The molecule has 138 valence electrons. The Morgan fingerprint density at radius 3 is 2.68 bits per heavy atom. The molecule has 0 aromatic rings. The number of rotatable bonds is 1. The zero-order valence-electron chi connectivity index (χ0n) is 15.7. The maximum absolute atomic E-state index is 11.9. The normalized spacial score (nSPS) is 48.9. The van der Waals surface area contributed by atoms with E-state index in [-0.39, 0.29) is 22.8 Å². The molecule has 0 aromatic heterocycles. The molecule has 0 unspecified atom stereocenters. The summed E-state index contributed by atoms with van der Waals surface area (Å²) in [6.45, 7) is 6.21. The molecule has 0 aliphatic heterocycles. The predicted octanol–water partition coefficient (Wildman–Crippen LogP) is 2.99. The average Bonchev–Trinajstić information content (AvgIpc) is 2.79. The first-order chi connectivity index (χ1) is 11.8. The van der Waals surface area contributed by atoms with E-state index in [1.165, 1.54) is 5.57 Å². The Morgan fingerprint density at radius 1 is 1.20 bits per heavy atom. The second kappa shape index (κ2) is 5.67. The lowest BCUT2D eigenvalue weighted by Gasteiger charge is -2.58. The minimum absolute atomic E-state index is 0.00564. The number of aliphatic hydroxyl groups is 1. The van der Waals surface area contributed by atoms with Crippen LogP contribution in [0.5, 0.6) is 0 Å². The van der Waals surface area contributed by atoms with Gasteiger partial charge in [-0.05, 0) is 73.2 Å². The van der Waals surface area contributed by atoms with Crippen molar-refractivity contribution in [2.24, 2.45) is 28.6 Å². The van der Waals surface area contributed by atoms with E-state index in [9.17, 15) is 14.7 Å². The van der Waals surface area contributed by atoms with E-state index < -0.39 is 6.10 Å². The SMILES string of the molecule is CC(=O)N[C@H]1[C@@H](O)C[C@H]2[C@@H]3CCC4=CC(=O)CC[C@]4(C)[C@H]3CC[C@@]21C. The van der Waals surface area contributed by atoms with Crippen LogP contribution in [0.15, 0.2) is 11.6 Å². The molecule has 4 rings (SSSR count). The lowest BCUT2D eigenvalue weighted by Crippen LogP contribution is -2.55. The van der Waals surface area contributed by atoms with Gasteiger partial charge in [0.05, 0.1) is 12.1 Å². The summed E-state index contributed by atoms with van der Waals surface area (Å²) in [7, 11) is 0. The van der Waals surface area contributed by atoms with Crippen molar-refractivity contribution in [3.8, 4) is 0 Å². The Balaban J connectivity index is 1.65. The number of carbonyl (C=O) groups is 2. The summed E-state index contributed by atoms with van der Waals surface area (Å²) in [6.07, 6.45) is 8.32. The van der Waals surface area contributed by atoms with Gasteiger partial charge in [0.1, 0.15) is 0 Å². The third-order valence-electron chi connectivity index (χ3n) is 8.35. The molecular weight excluding hydrogens is 314 g/mol. The first-order valence-electron chi connectivity index (χ1n) is 9.95. The number of allylic oxidation sites excluding steroid dienone is 1. The first-order valence-corrected chi connectivity index (χ1v) is 9.95. The third-order valence-corrected chi connectivity index (χ3v) is 8.35. The van der Waals surface area contributed by atoms with Gasteiger partial charge >= 0.3 is 0 Å². The maximum atomic E-state index is 11.9. The van der Waals surface area contributed by atoms with Gasteiger partial charge in [-0.15, -0.1) is 0 Å². The van der Waals surface area contributed by atoms with Crippen LogP contribution in [0.2, 0.25) is 0 Å². The molecule has 0 heterocycles. The number of hydrogen-bond donors (Lipinski definition) is 2. The molecule has 4 nitrogen and oxygen atoms in total. The molecule has 3 saturated carbocycles. The summed E-state index contributed by atoms with van der Waals surface area (Å²) >= 11 is 0. The van der Waals surface area contributed by atoms with Crippen LogP contribution in [-0.2, 0) is 9.59 Å². The van der Waals surface area contributed by atoms with Gasteiger partial charge < -0.3 is 10.4 Å². The van der Waals surface area contributed by atoms with Gasteiger partial charge in [0.2, 0.25) is 5.91 Å². The fourth-order valence-corrected chi connectivity index (χ4v) is 7.05. The molecule has 0 aromatic carbocycles. The highest BCUT2D eigenvalue weighted by molar-refractivity contribution is 5.91. The molecule has 7 atom stereocenters. The highest BCUT2D eigenvalue weighted by atomic mass is 16.3. The monoisotopic (exact) mass is 345 g/mol. The van der Waals surface area contributed by atoms with Crippen LogP contribution in [0.1, 0.15) is 65.7 Å². The highest BCUT2D eigenvalue weighted by Crippen LogP contribution is 2.65. The highest BCUT2D eigenvalue weighted by Gasteiger charge is 2.61. The summed E-state index contributed by atoms with van der Waals surface area (Å²) < 4.78 is 0. The quantitative estimate of drug-likeness (QED) is 0.768. The zero-order valence-corrected chi connectivity index (χ0v) is 15.7. The second-order valence-corrected chi connectivity index (χ2v) is 9.49. The van der Waals surface area contributed by atoms with Crippen LogP contribution < -0.4 is 5.32 Å². The van der Waals surface area contributed by atoms with E-state index in [1.807, 2.05) is 6.08 Å². The van der Waals surface area contributed by atoms with Gasteiger partial charge in [-0.1, -0.05) is 19.4 Å². The Bertz CT molecular complexity index is 641. The molecule has 25 heavy (non-hydrogen) atoms. The molecule has 0 spiro atoms. The molecular formula is C21H31NO3. The van der Waals surface area contributed by atoms with Crippen molar-refractivity contribution < 1.29 is 14.7 Å². The molecule has 2 N–H and O–H groups in total. The number of fused-ring (bicyclic) bond motifs is 5. The van der Waals surface area contributed by atoms with E-state index in [0.29, 0.717) is 30.0 Å².